The second kappa shape index (κ2) is 13.1. The number of nitrogens with zero attached hydrogens (tertiary/aromatic N) is 1. The Morgan fingerprint density at radius 3 is 1.80 bits per heavy atom. The largest absolute Gasteiger partial charge is 0.497 e. The van der Waals surface area contributed by atoms with E-state index in [2.05, 4.69) is 64.1 Å². The highest BCUT2D eigenvalue weighted by Crippen LogP contribution is 2.41. The second-order valence-electron chi connectivity index (χ2n) is 7.85. The van der Waals surface area contributed by atoms with Gasteiger partial charge in [-0.2, -0.15) is 0 Å². The minimum absolute atomic E-state index is 0.927. The molecule has 0 unspecified atom stereocenters. The van der Waals surface area contributed by atoms with Crippen LogP contribution in [0.5, 0.6) is 5.75 Å². The first-order chi connectivity index (χ1) is 14.7. The fourth-order valence-corrected chi connectivity index (χ4v) is 3.90. The van der Waals surface area contributed by atoms with Crippen LogP contribution in [0.4, 0.5) is 0 Å². The zero-order valence-electron chi connectivity index (χ0n) is 19.6. The summed E-state index contributed by atoms with van der Waals surface area (Å²) >= 11 is 0. The summed E-state index contributed by atoms with van der Waals surface area (Å²) in [7, 11) is 1.77. The van der Waals surface area contributed by atoms with Gasteiger partial charge >= 0.3 is 0 Å². The Bertz CT molecular complexity index is 786. The Kier molecular flexibility index (Phi) is 10.4. The van der Waals surface area contributed by atoms with E-state index in [4.69, 9.17) is 9.72 Å². The maximum absolute atomic E-state index is 5.78. The lowest BCUT2D eigenvalue weighted by molar-refractivity contribution is 0.414. The van der Waals surface area contributed by atoms with Gasteiger partial charge in [-0.15, -0.1) is 0 Å². The van der Waals surface area contributed by atoms with Crippen LogP contribution in [0, 0.1) is 0 Å². The molecule has 0 radical (unpaired) electrons. The highest BCUT2D eigenvalue weighted by molar-refractivity contribution is 5.90. The van der Waals surface area contributed by atoms with E-state index in [1.165, 1.54) is 27.8 Å². The first kappa shape index (κ1) is 23.9. The van der Waals surface area contributed by atoms with Crippen molar-refractivity contribution in [1.82, 2.24) is 4.98 Å². The van der Waals surface area contributed by atoms with Gasteiger partial charge in [0.05, 0.1) is 12.8 Å². The molecule has 0 aliphatic heterocycles. The van der Waals surface area contributed by atoms with Gasteiger partial charge in [0.25, 0.3) is 0 Å². The summed E-state index contributed by atoms with van der Waals surface area (Å²) in [4.78, 5) is 4.78. The van der Waals surface area contributed by atoms with Crippen molar-refractivity contribution in [3.05, 3.63) is 59.8 Å². The average Bonchev–Trinajstić information content (AvgIpc) is 2.79. The lowest BCUT2D eigenvalue weighted by Crippen LogP contribution is -2.00. The minimum Gasteiger partial charge on any atom is -0.497 e. The van der Waals surface area contributed by atoms with Gasteiger partial charge in [0.15, 0.2) is 0 Å². The van der Waals surface area contributed by atoms with Gasteiger partial charge in [-0.1, -0.05) is 71.6 Å². The van der Waals surface area contributed by atoms with Gasteiger partial charge in [0, 0.05) is 11.8 Å². The molecule has 0 fully saturated rings. The van der Waals surface area contributed by atoms with Gasteiger partial charge in [0.1, 0.15) is 5.75 Å². The fourth-order valence-electron chi connectivity index (χ4n) is 3.90. The van der Waals surface area contributed by atoms with Crippen LogP contribution < -0.4 is 4.74 Å². The van der Waals surface area contributed by atoms with Crippen molar-refractivity contribution in [2.75, 3.05) is 7.11 Å². The molecule has 0 saturated heterocycles. The Labute approximate surface area is 184 Å². The molecule has 0 aliphatic rings. The van der Waals surface area contributed by atoms with Gasteiger partial charge in [-0.05, 0) is 72.2 Å². The number of aromatic nitrogens is 1. The second-order valence-corrected chi connectivity index (χ2v) is 7.85. The molecule has 2 nitrogen and oxygen atoms in total. The van der Waals surface area contributed by atoms with Crippen molar-refractivity contribution >= 4 is 11.1 Å². The standard InChI is InChI=1S/C28H39NO/c1-6-10-16-22(14-8-3)25-20-24(30-5)21-26(23(15-9-4)17-11-7-2)28(25)27-18-12-13-19-29-27/h12-13,16-21H,6-11,14-15H2,1-5H3/b22-16+,23-17+. The van der Waals surface area contributed by atoms with Crippen molar-refractivity contribution < 1.29 is 4.74 Å². The maximum Gasteiger partial charge on any atom is 0.120 e. The van der Waals surface area contributed by atoms with Gasteiger partial charge in [-0.25, -0.2) is 0 Å². The molecule has 0 amide bonds. The van der Waals surface area contributed by atoms with Crippen LogP contribution in [0.1, 0.15) is 90.2 Å². The van der Waals surface area contributed by atoms with E-state index in [-0.39, 0.29) is 0 Å². The molecular formula is C28H39NO. The lowest BCUT2D eigenvalue weighted by Gasteiger charge is -2.21. The van der Waals surface area contributed by atoms with Crippen molar-refractivity contribution in [3.63, 3.8) is 0 Å². The number of methoxy groups -OCH3 is 1. The number of hydrogen-bond acceptors (Lipinski definition) is 2. The predicted molar refractivity (Wildman–Crippen MR) is 132 cm³/mol. The molecule has 162 valence electrons. The average molecular weight is 406 g/mol. The van der Waals surface area contributed by atoms with Crippen LogP contribution in [0.3, 0.4) is 0 Å². The highest BCUT2D eigenvalue weighted by Gasteiger charge is 2.19. The quantitative estimate of drug-likeness (QED) is 0.352. The minimum atomic E-state index is 0.927. The molecule has 30 heavy (non-hydrogen) atoms. The molecule has 0 N–H and O–H groups in total. The Hall–Kier alpha value is -2.35. The molecule has 1 aromatic heterocycles. The van der Waals surface area contributed by atoms with Crippen LogP contribution in [-0.2, 0) is 0 Å². The van der Waals surface area contributed by atoms with Gasteiger partial charge in [-0.3, -0.25) is 4.98 Å². The van der Waals surface area contributed by atoms with Crippen LogP contribution in [0.2, 0.25) is 0 Å². The fraction of sp³-hybridized carbons (Fsp3) is 0.464. The Morgan fingerprint density at radius 1 is 0.833 bits per heavy atom. The Balaban J connectivity index is 2.85. The molecule has 1 heterocycles. The molecule has 0 bridgehead atoms. The van der Waals surface area contributed by atoms with Crippen molar-refractivity contribution in [2.24, 2.45) is 0 Å². The SMILES string of the molecule is CCC/C=C(\CCC)c1cc(OC)cc(/C(=C/CCC)CCC)c1-c1ccccn1. The number of allylic oxidation sites excluding steroid dienone is 4. The monoisotopic (exact) mass is 405 g/mol. The first-order valence-corrected chi connectivity index (χ1v) is 11.7. The summed E-state index contributed by atoms with van der Waals surface area (Å²) in [5.74, 6) is 0.927. The summed E-state index contributed by atoms with van der Waals surface area (Å²) in [5, 5.41) is 0. The lowest BCUT2D eigenvalue weighted by atomic mass is 9.85. The third kappa shape index (κ3) is 6.32. The molecule has 0 atom stereocenters. The number of unbranched alkanes of at least 4 members (excludes halogenated alkanes) is 2. The summed E-state index contributed by atoms with van der Waals surface area (Å²) in [5.41, 5.74) is 7.66. The summed E-state index contributed by atoms with van der Waals surface area (Å²) < 4.78 is 5.78. The summed E-state index contributed by atoms with van der Waals surface area (Å²) in [6.45, 7) is 8.99. The number of ether oxygens (including phenoxy) is 1. The highest BCUT2D eigenvalue weighted by atomic mass is 16.5. The number of benzene rings is 1. The van der Waals surface area contributed by atoms with Gasteiger partial charge < -0.3 is 4.74 Å². The maximum atomic E-state index is 5.78. The molecule has 2 heteroatoms. The smallest absolute Gasteiger partial charge is 0.120 e. The molecule has 0 spiro atoms. The Morgan fingerprint density at radius 2 is 1.40 bits per heavy atom. The van der Waals surface area contributed by atoms with E-state index in [0.29, 0.717) is 0 Å². The third-order valence-electron chi connectivity index (χ3n) is 5.36. The third-order valence-corrected chi connectivity index (χ3v) is 5.36. The van der Waals surface area contributed by atoms with E-state index in [9.17, 15) is 0 Å². The molecule has 0 saturated carbocycles. The molecule has 2 rings (SSSR count). The van der Waals surface area contributed by atoms with E-state index in [1.807, 2.05) is 12.3 Å². The summed E-state index contributed by atoms with van der Waals surface area (Å²) in [6, 6.07) is 10.7. The number of rotatable bonds is 12. The van der Waals surface area contributed by atoms with E-state index < -0.39 is 0 Å². The summed E-state index contributed by atoms with van der Waals surface area (Å²) in [6.07, 6.45) is 15.6. The molecule has 0 aliphatic carbocycles. The van der Waals surface area contributed by atoms with Crippen molar-refractivity contribution in [2.45, 2.75) is 79.1 Å². The van der Waals surface area contributed by atoms with Crippen molar-refractivity contribution in [3.8, 4) is 17.0 Å². The van der Waals surface area contributed by atoms with Crippen LogP contribution >= 0.6 is 0 Å². The van der Waals surface area contributed by atoms with Gasteiger partial charge in [0.2, 0.25) is 0 Å². The van der Waals surface area contributed by atoms with Crippen LogP contribution in [0.15, 0.2) is 48.7 Å². The van der Waals surface area contributed by atoms with E-state index >= 15 is 0 Å². The topological polar surface area (TPSA) is 22.1 Å². The first-order valence-electron chi connectivity index (χ1n) is 11.7. The normalized spacial score (nSPS) is 12.3. The zero-order chi connectivity index (χ0) is 21.8. The number of hydrogen-bond donors (Lipinski definition) is 0. The number of pyridine rings is 1. The van der Waals surface area contributed by atoms with E-state index in [1.54, 1.807) is 7.11 Å². The van der Waals surface area contributed by atoms with Crippen molar-refractivity contribution in [1.29, 1.82) is 0 Å². The molecule has 2 aromatic rings. The molecular weight excluding hydrogens is 366 g/mol. The van der Waals surface area contributed by atoms with Crippen LogP contribution in [-0.4, -0.2) is 12.1 Å². The van der Waals surface area contributed by atoms with Crippen LogP contribution in [0.25, 0.3) is 22.4 Å². The zero-order valence-corrected chi connectivity index (χ0v) is 19.6. The molecule has 1 aromatic carbocycles. The van der Waals surface area contributed by atoms with E-state index in [0.717, 1.165) is 62.8 Å². The predicted octanol–water partition coefficient (Wildman–Crippen LogP) is 8.72.